The molecular formula is C28H42N4O4. The van der Waals surface area contributed by atoms with Gasteiger partial charge in [-0.3, -0.25) is 14.4 Å². The number of nitrogens with one attached hydrogen (secondary N) is 1. The molecule has 0 radical (unpaired) electrons. The molecule has 0 aliphatic carbocycles. The molecule has 0 spiro atoms. The molecule has 3 atom stereocenters. The van der Waals surface area contributed by atoms with Crippen molar-refractivity contribution in [1.29, 1.82) is 0 Å². The number of hydrogen-bond acceptors (Lipinski definition) is 5. The van der Waals surface area contributed by atoms with E-state index in [0.717, 1.165) is 38.1 Å². The van der Waals surface area contributed by atoms with Crippen LogP contribution in [0.3, 0.4) is 0 Å². The van der Waals surface area contributed by atoms with Gasteiger partial charge in [-0.05, 0) is 43.7 Å². The molecule has 8 heteroatoms. The summed E-state index contributed by atoms with van der Waals surface area (Å²) in [5.74, 6) is -0.0906. The number of piperazine rings is 1. The van der Waals surface area contributed by atoms with Gasteiger partial charge >= 0.3 is 0 Å². The molecule has 198 valence electrons. The first-order valence-electron chi connectivity index (χ1n) is 13.4. The van der Waals surface area contributed by atoms with E-state index in [4.69, 9.17) is 4.74 Å². The van der Waals surface area contributed by atoms with Crippen molar-refractivity contribution >= 4 is 17.7 Å². The molecule has 3 aliphatic heterocycles. The lowest BCUT2D eigenvalue weighted by molar-refractivity contribution is -0.138. The van der Waals surface area contributed by atoms with Gasteiger partial charge in [0, 0.05) is 57.9 Å². The van der Waals surface area contributed by atoms with Crippen LogP contribution in [0.15, 0.2) is 24.3 Å². The number of likely N-dealkylation sites (tertiary alicyclic amines) is 1. The van der Waals surface area contributed by atoms with E-state index in [9.17, 15) is 14.4 Å². The Hall–Kier alpha value is -2.45. The first kappa shape index (κ1) is 26.6. The molecule has 3 saturated heterocycles. The minimum absolute atomic E-state index is 0.0121. The molecule has 0 bridgehead atoms. The summed E-state index contributed by atoms with van der Waals surface area (Å²) in [5.41, 5.74) is 1.50. The number of nitrogens with zero attached hydrogens (tertiary/aromatic N) is 3. The molecule has 3 aliphatic rings. The highest BCUT2D eigenvalue weighted by atomic mass is 16.5. The highest BCUT2D eigenvalue weighted by Gasteiger charge is 2.45. The van der Waals surface area contributed by atoms with E-state index in [-0.39, 0.29) is 35.3 Å². The lowest BCUT2D eigenvalue weighted by Gasteiger charge is -2.33. The summed E-state index contributed by atoms with van der Waals surface area (Å²) in [5, 5.41) is 3.29. The largest absolute Gasteiger partial charge is 0.376 e. The van der Waals surface area contributed by atoms with Gasteiger partial charge in [-0.25, -0.2) is 0 Å². The molecule has 0 aromatic heterocycles. The smallest absolute Gasteiger partial charge is 0.254 e. The van der Waals surface area contributed by atoms with Gasteiger partial charge in [0.2, 0.25) is 11.8 Å². The molecule has 3 heterocycles. The molecule has 4 rings (SSSR count). The Morgan fingerprint density at radius 3 is 2.42 bits per heavy atom. The van der Waals surface area contributed by atoms with Crippen LogP contribution in [0.1, 0.15) is 62.4 Å². The van der Waals surface area contributed by atoms with E-state index in [1.807, 2.05) is 41.0 Å². The number of carbonyl (C=O) groups is 3. The van der Waals surface area contributed by atoms with Crippen LogP contribution < -0.4 is 5.32 Å². The third-order valence-electron chi connectivity index (χ3n) is 7.42. The van der Waals surface area contributed by atoms with E-state index in [2.05, 4.69) is 26.1 Å². The Labute approximate surface area is 215 Å². The number of hydrogen-bond donors (Lipinski definition) is 1. The molecule has 3 unspecified atom stereocenters. The maximum absolute atomic E-state index is 13.7. The van der Waals surface area contributed by atoms with Crippen LogP contribution in [0.4, 0.5) is 0 Å². The molecular weight excluding hydrogens is 456 g/mol. The molecule has 36 heavy (non-hydrogen) atoms. The molecule has 0 saturated carbocycles. The molecule has 3 fully saturated rings. The summed E-state index contributed by atoms with van der Waals surface area (Å²) in [4.78, 5) is 46.4. The fraction of sp³-hybridized carbons (Fsp3) is 0.679. The zero-order valence-electron chi connectivity index (χ0n) is 22.3. The van der Waals surface area contributed by atoms with Crippen LogP contribution in [0.2, 0.25) is 0 Å². The normalized spacial score (nSPS) is 24.7. The molecule has 1 aromatic rings. The van der Waals surface area contributed by atoms with E-state index < -0.39 is 6.04 Å². The predicted octanol–water partition coefficient (Wildman–Crippen LogP) is 2.45. The molecule has 1 N–H and O–H groups in total. The minimum atomic E-state index is -0.573. The summed E-state index contributed by atoms with van der Waals surface area (Å²) < 4.78 is 5.89. The average molecular weight is 499 g/mol. The monoisotopic (exact) mass is 498 g/mol. The van der Waals surface area contributed by atoms with Crippen molar-refractivity contribution in [2.45, 2.75) is 71.6 Å². The van der Waals surface area contributed by atoms with Crippen LogP contribution in [-0.2, 0) is 14.3 Å². The van der Waals surface area contributed by atoms with Gasteiger partial charge in [0.15, 0.2) is 0 Å². The van der Waals surface area contributed by atoms with Crippen LogP contribution in [0, 0.1) is 12.3 Å². The van der Waals surface area contributed by atoms with Gasteiger partial charge < -0.3 is 24.8 Å². The number of benzene rings is 1. The van der Waals surface area contributed by atoms with Crippen LogP contribution in [0.5, 0.6) is 0 Å². The van der Waals surface area contributed by atoms with Crippen molar-refractivity contribution in [2.24, 2.45) is 5.41 Å². The van der Waals surface area contributed by atoms with E-state index >= 15 is 0 Å². The Kier molecular flexibility index (Phi) is 8.35. The average Bonchev–Trinajstić information content (AvgIpc) is 3.52. The lowest BCUT2D eigenvalue weighted by Crippen LogP contribution is -2.53. The Morgan fingerprint density at radius 1 is 1.11 bits per heavy atom. The van der Waals surface area contributed by atoms with Gasteiger partial charge in [0.05, 0.1) is 12.1 Å². The van der Waals surface area contributed by atoms with Crippen molar-refractivity contribution in [3.63, 3.8) is 0 Å². The highest BCUT2D eigenvalue weighted by Crippen LogP contribution is 2.30. The minimum Gasteiger partial charge on any atom is -0.376 e. The number of aryl methyl sites for hydroxylation is 1. The first-order chi connectivity index (χ1) is 17.1. The second-order valence-electron chi connectivity index (χ2n) is 11.7. The second-order valence-corrected chi connectivity index (χ2v) is 11.7. The van der Waals surface area contributed by atoms with Gasteiger partial charge in [-0.2, -0.15) is 0 Å². The Morgan fingerprint density at radius 2 is 1.81 bits per heavy atom. The summed E-state index contributed by atoms with van der Waals surface area (Å²) in [6, 6.07) is 6.71. The van der Waals surface area contributed by atoms with Crippen LogP contribution >= 0.6 is 0 Å². The van der Waals surface area contributed by atoms with Crippen LogP contribution in [0.25, 0.3) is 0 Å². The number of amides is 3. The van der Waals surface area contributed by atoms with Crippen molar-refractivity contribution in [1.82, 2.24) is 20.0 Å². The third-order valence-corrected chi connectivity index (χ3v) is 7.42. The summed E-state index contributed by atoms with van der Waals surface area (Å²) in [6.07, 6.45) is 2.82. The van der Waals surface area contributed by atoms with Gasteiger partial charge in [0.1, 0.15) is 6.04 Å². The van der Waals surface area contributed by atoms with Crippen molar-refractivity contribution < 1.29 is 19.1 Å². The van der Waals surface area contributed by atoms with Crippen molar-refractivity contribution in [3.8, 4) is 0 Å². The zero-order valence-corrected chi connectivity index (χ0v) is 22.3. The summed E-state index contributed by atoms with van der Waals surface area (Å²) in [7, 11) is 0. The number of rotatable bonds is 6. The molecule has 3 amide bonds. The lowest BCUT2D eigenvalue weighted by atomic mass is 9.91. The molecule has 1 aromatic carbocycles. The quantitative estimate of drug-likeness (QED) is 0.652. The van der Waals surface area contributed by atoms with Gasteiger partial charge in [-0.1, -0.05) is 38.5 Å². The third kappa shape index (κ3) is 6.45. The summed E-state index contributed by atoms with van der Waals surface area (Å²) in [6.45, 7) is 12.5. The first-order valence-corrected chi connectivity index (χ1v) is 13.4. The molecule has 8 nitrogen and oxygen atoms in total. The highest BCUT2D eigenvalue weighted by molar-refractivity contribution is 5.98. The van der Waals surface area contributed by atoms with E-state index in [1.54, 1.807) is 4.90 Å². The fourth-order valence-corrected chi connectivity index (χ4v) is 5.47. The maximum atomic E-state index is 13.7. The van der Waals surface area contributed by atoms with Gasteiger partial charge in [-0.15, -0.1) is 0 Å². The second kappa shape index (κ2) is 11.3. The maximum Gasteiger partial charge on any atom is 0.254 e. The summed E-state index contributed by atoms with van der Waals surface area (Å²) >= 11 is 0. The van der Waals surface area contributed by atoms with Crippen molar-refractivity contribution in [2.75, 3.05) is 45.9 Å². The van der Waals surface area contributed by atoms with Crippen molar-refractivity contribution in [3.05, 3.63) is 35.4 Å². The standard InChI is InChI=1S/C28H42N4O4/c1-20-7-9-21(10-8-20)26(34)32-18-22(16-24(32)27(35)30-13-11-29-12-14-30)31(19-23-6-5-15-36-23)25(33)17-28(2,3)4/h7-10,22-24,29H,5-6,11-19H2,1-4H3. The fourth-order valence-electron chi connectivity index (χ4n) is 5.47. The van der Waals surface area contributed by atoms with E-state index in [0.29, 0.717) is 44.6 Å². The van der Waals surface area contributed by atoms with E-state index in [1.165, 1.54) is 0 Å². The van der Waals surface area contributed by atoms with Crippen LogP contribution in [-0.4, -0.2) is 96.5 Å². The number of carbonyl (C=O) groups excluding carboxylic acids is 3. The SMILES string of the molecule is Cc1ccc(C(=O)N2CC(N(CC3CCCO3)C(=O)CC(C)(C)C)CC2C(=O)N2CCNCC2)cc1. The van der Waals surface area contributed by atoms with Gasteiger partial charge in [0.25, 0.3) is 5.91 Å². The zero-order chi connectivity index (χ0) is 25.9. The Bertz CT molecular complexity index is 930. The Balaban J connectivity index is 1.60. The predicted molar refractivity (Wildman–Crippen MR) is 139 cm³/mol. The topological polar surface area (TPSA) is 82.2 Å². The number of ether oxygens (including phenoxy) is 1.